The molecule has 0 radical (unpaired) electrons. The smallest absolute Gasteiger partial charge is 0.262 e. The minimum absolute atomic E-state index is 0.190. The van der Waals surface area contributed by atoms with Gasteiger partial charge in [0.15, 0.2) is 10.4 Å². The highest BCUT2D eigenvalue weighted by molar-refractivity contribution is 14.1. The molecule has 0 aliphatic heterocycles. The van der Waals surface area contributed by atoms with E-state index in [1.54, 1.807) is 25.1 Å². The van der Waals surface area contributed by atoms with E-state index >= 15 is 0 Å². The van der Waals surface area contributed by atoms with Crippen molar-refractivity contribution in [2.45, 2.75) is 13.0 Å². The molecule has 0 saturated heterocycles. The third-order valence-corrected chi connectivity index (χ3v) is 4.40. The molecule has 0 bridgehead atoms. The number of carbonyl (C=O) groups excluding carboxylic acids is 2. The molecule has 28 heavy (non-hydrogen) atoms. The molecule has 1 heterocycles. The van der Waals surface area contributed by atoms with E-state index in [2.05, 4.69) is 15.8 Å². The van der Waals surface area contributed by atoms with Crippen LogP contribution in [0.5, 0.6) is 5.75 Å². The van der Waals surface area contributed by atoms with E-state index in [0.29, 0.717) is 11.5 Å². The lowest BCUT2D eigenvalue weighted by atomic mass is 10.1. The molecule has 1 atom stereocenters. The standard InChI is InChI=1S/C20H18IN3O4/c1-13(20(26)24-22-11-17-8-9-18(21)28-17)23-19(25)12-27-16-7-6-14-4-2-3-5-15(14)10-16/h2-11,13H,12H2,1H3,(H,23,25)(H,24,26)/b22-11-/t13-/m0/s1. The number of carbonyl (C=O) groups is 2. The summed E-state index contributed by atoms with van der Waals surface area (Å²) < 4.78 is 11.5. The first-order valence-corrected chi connectivity index (χ1v) is 9.58. The molecule has 3 aromatic rings. The van der Waals surface area contributed by atoms with Crippen molar-refractivity contribution in [2.24, 2.45) is 5.10 Å². The molecule has 0 aliphatic rings. The summed E-state index contributed by atoms with van der Waals surface area (Å²) in [4.78, 5) is 24.0. The minimum Gasteiger partial charge on any atom is -0.484 e. The minimum atomic E-state index is -0.762. The molecule has 0 unspecified atom stereocenters. The Kier molecular flexibility index (Phi) is 6.64. The third-order valence-electron chi connectivity index (χ3n) is 3.82. The Labute approximate surface area is 175 Å². The molecule has 1 aromatic heterocycles. The molecule has 3 rings (SSSR count). The second-order valence-corrected chi connectivity index (χ2v) is 7.03. The number of amides is 2. The summed E-state index contributed by atoms with van der Waals surface area (Å²) in [6.07, 6.45) is 1.39. The van der Waals surface area contributed by atoms with Gasteiger partial charge in [-0.05, 0) is 64.6 Å². The summed E-state index contributed by atoms with van der Waals surface area (Å²) in [5.74, 6) is 0.255. The number of furan rings is 1. The zero-order valence-corrected chi connectivity index (χ0v) is 17.2. The van der Waals surface area contributed by atoms with Gasteiger partial charge in [-0.1, -0.05) is 30.3 Å². The first kappa shape index (κ1) is 19.9. The van der Waals surface area contributed by atoms with Crippen LogP contribution in [0.1, 0.15) is 12.7 Å². The monoisotopic (exact) mass is 491 g/mol. The van der Waals surface area contributed by atoms with E-state index < -0.39 is 17.9 Å². The van der Waals surface area contributed by atoms with Gasteiger partial charge in [-0.25, -0.2) is 5.43 Å². The van der Waals surface area contributed by atoms with Crippen molar-refractivity contribution in [3.8, 4) is 5.75 Å². The van der Waals surface area contributed by atoms with Crippen LogP contribution >= 0.6 is 22.6 Å². The van der Waals surface area contributed by atoms with Gasteiger partial charge in [-0.15, -0.1) is 0 Å². The second-order valence-electron chi connectivity index (χ2n) is 5.96. The largest absolute Gasteiger partial charge is 0.484 e. The number of halogens is 1. The molecule has 0 aliphatic carbocycles. The van der Waals surface area contributed by atoms with Crippen LogP contribution < -0.4 is 15.5 Å². The Bertz CT molecular complexity index is 1020. The van der Waals surface area contributed by atoms with Gasteiger partial charge in [0.05, 0.1) is 6.21 Å². The summed E-state index contributed by atoms with van der Waals surface area (Å²) in [6, 6.07) is 16.2. The normalized spacial score (nSPS) is 12.1. The SMILES string of the molecule is C[C@H](NC(=O)COc1ccc2ccccc2c1)C(=O)N/N=C\c1ccc(I)o1. The lowest BCUT2D eigenvalue weighted by Crippen LogP contribution is -2.45. The molecular weight excluding hydrogens is 473 g/mol. The highest BCUT2D eigenvalue weighted by Gasteiger charge is 2.15. The molecule has 8 heteroatoms. The van der Waals surface area contributed by atoms with Crippen LogP contribution in [-0.4, -0.2) is 30.7 Å². The molecule has 0 spiro atoms. The van der Waals surface area contributed by atoms with Gasteiger partial charge in [0.25, 0.3) is 11.8 Å². The highest BCUT2D eigenvalue weighted by atomic mass is 127. The molecule has 2 amide bonds. The van der Waals surface area contributed by atoms with Crippen molar-refractivity contribution in [2.75, 3.05) is 6.61 Å². The van der Waals surface area contributed by atoms with Gasteiger partial charge < -0.3 is 14.5 Å². The van der Waals surface area contributed by atoms with Crippen LogP contribution in [0.4, 0.5) is 0 Å². The predicted octanol–water partition coefficient (Wildman–Crippen LogP) is 3.07. The van der Waals surface area contributed by atoms with Crippen LogP contribution in [0.15, 0.2) is 64.1 Å². The van der Waals surface area contributed by atoms with Crippen molar-refractivity contribution < 1.29 is 18.7 Å². The topological polar surface area (TPSA) is 92.9 Å². The Morgan fingerprint density at radius 2 is 1.96 bits per heavy atom. The van der Waals surface area contributed by atoms with Crippen LogP contribution in [-0.2, 0) is 9.59 Å². The number of fused-ring (bicyclic) bond motifs is 1. The predicted molar refractivity (Wildman–Crippen MR) is 114 cm³/mol. The van der Waals surface area contributed by atoms with Crippen LogP contribution in [0, 0.1) is 3.77 Å². The van der Waals surface area contributed by atoms with Crippen molar-refractivity contribution in [3.05, 3.63) is 64.1 Å². The Morgan fingerprint density at radius 3 is 2.71 bits per heavy atom. The number of hydrazone groups is 1. The van der Waals surface area contributed by atoms with Crippen molar-refractivity contribution in [1.29, 1.82) is 0 Å². The van der Waals surface area contributed by atoms with E-state index in [0.717, 1.165) is 14.5 Å². The molecule has 0 fully saturated rings. The van der Waals surface area contributed by atoms with Crippen molar-refractivity contribution >= 4 is 51.4 Å². The van der Waals surface area contributed by atoms with Crippen LogP contribution in [0.25, 0.3) is 10.8 Å². The number of nitrogens with zero attached hydrogens (tertiary/aromatic N) is 1. The van der Waals surface area contributed by atoms with Gasteiger partial charge in [0, 0.05) is 0 Å². The lowest BCUT2D eigenvalue weighted by Gasteiger charge is -2.13. The van der Waals surface area contributed by atoms with E-state index in [4.69, 9.17) is 9.15 Å². The number of nitrogens with one attached hydrogen (secondary N) is 2. The molecule has 7 nitrogen and oxygen atoms in total. The zero-order chi connectivity index (χ0) is 19.9. The summed E-state index contributed by atoms with van der Waals surface area (Å²) >= 11 is 2.03. The first-order chi connectivity index (χ1) is 13.5. The van der Waals surface area contributed by atoms with Crippen molar-refractivity contribution in [3.63, 3.8) is 0 Å². The molecule has 0 saturated carbocycles. The maximum Gasteiger partial charge on any atom is 0.262 e. The van der Waals surface area contributed by atoms with Gasteiger partial charge in [-0.2, -0.15) is 5.10 Å². The lowest BCUT2D eigenvalue weighted by molar-refractivity contribution is -0.129. The zero-order valence-electron chi connectivity index (χ0n) is 15.0. The fourth-order valence-corrected chi connectivity index (χ4v) is 2.84. The number of rotatable bonds is 7. The number of hydrogen-bond acceptors (Lipinski definition) is 5. The third kappa shape index (κ3) is 5.56. The Morgan fingerprint density at radius 1 is 1.18 bits per heavy atom. The van der Waals surface area contributed by atoms with Crippen LogP contribution in [0.3, 0.4) is 0 Å². The number of hydrogen-bond donors (Lipinski definition) is 2. The maximum absolute atomic E-state index is 12.0. The molecule has 2 N–H and O–H groups in total. The summed E-state index contributed by atoms with van der Waals surface area (Å²) in [7, 11) is 0. The highest BCUT2D eigenvalue weighted by Crippen LogP contribution is 2.20. The van der Waals surface area contributed by atoms with E-state index in [1.807, 2.05) is 59.0 Å². The van der Waals surface area contributed by atoms with Gasteiger partial charge in [-0.3, -0.25) is 9.59 Å². The number of benzene rings is 2. The fourth-order valence-electron chi connectivity index (χ4n) is 2.41. The van der Waals surface area contributed by atoms with Gasteiger partial charge >= 0.3 is 0 Å². The van der Waals surface area contributed by atoms with Gasteiger partial charge in [0.1, 0.15) is 17.6 Å². The van der Waals surface area contributed by atoms with E-state index in [1.165, 1.54) is 6.21 Å². The van der Waals surface area contributed by atoms with E-state index in [9.17, 15) is 9.59 Å². The summed E-state index contributed by atoms with van der Waals surface area (Å²) in [5.41, 5.74) is 2.35. The maximum atomic E-state index is 12.0. The molecular formula is C20H18IN3O4. The Balaban J connectivity index is 1.45. The number of ether oxygens (including phenoxy) is 1. The summed E-state index contributed by atoms with van der Waals surface area (Å²) in [5, 5.41) is 8.48. The fraction of sp³-hybridized carbons (Fsp3) is 0.150. The Hall–Kier alpha value is -2.88. The van der Waals surface area contributed by atoms with Crippen molar-refractivity contribution in [1.82, 2.24) is 10.7 Å². The summed E-state index contributed by atoms with van der Waals surface area (Å²) in [6.45, 7) is 1.37. The first-order valence-electron chi connectivity index (χ1n) is 8.50. The molecule has 2 aromatic carbocycles. The quantitative estimate of drug-likeness (QED) is 0.302. The average molecular weight is 491 g/mol. The van der Waals surface area contributed by atoms with Gasteiger partial charge in [0.2, 0.25) is 0 Å². The average Bonchev–Trinajstić information content (AvgIpc) is 3.11. The second kappa shape index (κ2) is 9.36. The van der Waals surface area contributed by atoms with Crippen LogP contribution in [0.2, 0.25) is 0 Å². The van der Waals surface area contributed by atoms with E-state index in [-0.39, 0.29) is 6.61 Å². The molecule has 144 valence electrons.